The van der Waals surface area contributed by atoms with Crippen LogP contribution in [-0.2, 0) is 4.74 Å². The van der Waals surface area contributed by atoms with E-state index in [1.54, 1.807) is 55.6 Å². The summed E-state index contributed by atoms with van der Waals surface area (Å²) in [5.74, 6) is -0.572. The standard InChI is InChI=1S/C19H16ClN5O4/c1-24(15-9-4-3-8-14(15)19(26)29-2)18-16(25(27)28)17(21-11-22-18)23-13-7-5-6-12(20)10-13/h3-11H,1-2H3,(H,21,22,23). The van der Waals surface area contributed by atoms with E-state index in [0.29, 0.717) is 16.4 Å². The van der Waals surface area contributed by atoms with Crippen LogP contribution in [-0.4, -0.2) is 35.0 Å². The normalized spacial score (nSPS) is 10.3. The van der Waals surface area contributed by atoms with Crippen LogP contribution in [0.4, 0.5) is 28.7 Å². The van der Waals surface area contributed by atoms with Gasteiger partial charge in [-0.25, -0.2) is 14.8 Å². The second kappa shape index (κ2) is 8.53. The number of nitrogens with zero attached hydrogens (tertiary/aromatic N) is 4. The van der Waals surface area contributed by atoms with Crippen LogP contribution in [0.1, 0.15) is 10.4 Å². The molecule has 0 fully saturated rings. The zero-order chi connectivity index (χ0) is 21.0. The van der Waals surface area contributed by atoms with Crippen molar-refractivity contribution in [1.29, 1.82) is 0 Å². The lowest BCUT2D eigenvalue weighted by Gasteiger charge is -2.21. The number of nitro groups is 1. The largest absolute Gasteiger partial charge is 0.465 e. The molecule has 3 rings (SSSR count). The molecule has 0 amide bonds. The lowest BCUT2D eigenvalue weighted by Crippen LogP contribution is -2.18. The van der Waals surface area contributed by atoms with E-state index in [1.807, 2.05) is 0 Å². The van der Waals surface area contributed by atoms with Crippen LogP contribution >= 0.6 is 11.6 Å². The molecule has 10 heteroatoms. The molecule has 0 saturated carbocycles. The number of nitrogens with one attached hydrogen (secondary N) is 1. The van der Waals surface area contributed by atoms with Gasteiger partial charge in [-0.05, 0) is 30.3 Å². The van der Waals surface area contributed by atoms with Crippen molar-refractivity contribution in [3.8, 4) is 0 Å². The van der Waals surface area contributed by atoms with E-state index < -0.39 is 10.9 Å². The van der Waals surface area contributed by atoms with Crippen molar-refractivity contribution in [2.24, 2.45) is 0 Å². The van der Waals surface area contributed by atoms with Gasteiger partial charge in [0.1, 0.15) is 6.33 Å². The number of carbonyl (C=O) groups excluding carboxylic acids is 1. The number of hydrogen-bond acceptors (Lipinski definition) is 8. The maximum Gasteiger partial charge on any atom is 0.354 e. The average molecular weight is 414 g/mol. The number of halogens is 1. The van der Waals surface area contributed by atoms with Gasteiger partial charge in [-0.3, -0.25) is 10.1 Å². The molecule has 1 heterocycles. The second-order valence-corrected chi connectivity index (χ2v) is 6.29. The summed E-state index contributed by atoms with van der Waals surface area (Å²) >= 11 is 5.98. The van der Waals surface area contributed by atoms with Crippen molar-refractivity contribution >= 4 is 46.3 Å². The van der Waals surface area contributed by atoms with Crippen molar-refractivity contribution in [2.75, 3.05) is 24.4 Å². The van der Waals surface area contributed by atoms with E-state index in [4.69, 9.17) is 16.3 Å². The number of ether oxygens (including phenoxy) is 1. The van der Waals surface area contributed by atoms with Crippen LogP contribution in [0.5, 0.6) is 0 Å². The van der Waals surface area contributed by atoms with Crippen LogP contribution in [0.3, 0.4) is 0 Å². The van der Waals surface area contributed by atoms with E-state index in [2.05, 4.69) is 15.3 Å². The fraction of sp³-hybridized carbons (Fsp3) is 0.105. The molecule has 0 spiro atoms. The first kappa shape index (κ1) is 20.0. The maximum atomic E-state index is 12.1. The molecule has 0 aliphatic rings. The van der Waals surface area contributed by atoms with Crippen molar-refractivity contribution in [3.63, 3.8) is 0 Å². The Hall–Kier alpha value is -3.72. The summed E-state index contributed by atoms with van der Waals surface area (Å²) in [5, 5.41) is 15.2. The quantitative estimate of drug-likeness (QED) is 0.361. The monoisotopic (exact) mass is 413 g/mol. The molecule has 0 unspecified atom stereocenters. The molecule has 1 N–H and O–H groups in total. The minimum absolute atomic E-state index is 0.00545. The van der Waals surface area contributed by atoms with E-state index >= 15 is 0 Å². The van der Waals surface area contributed by atoms with Crippen LogP contribution in [0, 0.1) is 10.1 Å². The molecule has 0 radical (unpaired) electrons. The second-order valence-electron chi connectivity index (χ2n) is 5.85. The first-order valence-electron chi connectivity index (χ1n) is 8.35. The Morgan fingerprint density at radius 1 is 1.21 bits per heavy atom. The molecular formula is C19H16ClN5O4. The van der Waals surface area contributed by atoms with Gasteiger partial charge in [-0.2, -0.15) is 0 Å². The highest BCUT2D eigenvalue weighted by Gasteiger charge is 2.28. The van der Waals surface area contributed by atoms with Gasteiger partial charge in [-0.1, -0.05) is 29.8 Å². The molecule has 0 bridgehead atoms. The van der Waals surface area contributed by atoms with Crippen molar-refractivity contribution in [3.05, 3.63) is 75.6 Å². The first-order chi connectivity index (χ1) is 13.9. The van der Waals surface area contributed by atoms with Crippen LogP contribution in [0.15, 0.2) is 54.9 Å². The molecule has 0 saturated heterocycles. The summed E-state index contributed by atoms with van der Waals surface area (Å²) in [6.07, 6.45) is 1.20. The highest BCUT2D eigenvalue weighted by Crippen LogP contribution is 2.37. The maximum absolute atomic E-state index is 12.1. The van der Waals surface area contributed by atoms with Gasteiger partial charge in [0.05, 0.1) is 23.3 Å². The van der Waals surface area contributed by atoms with Crippen LogP contribution in [0.25, 0.3) is 0 Å². The van der Waals surface area contributed by atoms with Crippen molar-refractivity contribution in [2.45, 2.75) is 0 Å². The summed E-state index contributed by atoms with van der Waals surface area (Å²) in [7, 11) is 2.83. The Labute approximate surface area is 171 Å². The molecule has 9 nitrogen and oxygen atoms in total. The highest BCUT2D eigenvalue weighted by molar-refractivity contribution is 6.30. The molecule has 0 aliphatic heterocycles. The zero-order valence-electron chi connectivity index (χ0n) is 15.5. The van der Waals surface area contributed by atoms with Crippen LogP contribution < -0.4 is 10.2 Å². The predicted octanol–water partition coefficient (Wildman–Crippen LogP) is 4.34. The van der Waals surface area contributed by atoms with Gasteiger partial charge < -0.3 is 15.0 Å². The summed E-state index contributed by atoms with van der Waals surface area (Å²) in [5.41, 5.74) is 0.821. The third-order valence-corrected chi connectivity index (χ3v) is 4.30. The fourth-order valence-electron chi connectivity index (χ4n) is 2.74. The number of rotatable bonds is 6. The summed E-state index contributed by atoms with van der Waals surface area (Å²) < 4.78 is 4.80. The lowest BCUT2D eigenvalue weighted by molar-refractivity contribution is -0.383. The number of hydrogen-bond donors (Lipinski definition) is 1. The fourth-order valence-corrected chi connectivity index (χ4v) is 2.93. The van der Waals surface area contributed by atoms with Gasteiger partial charge in [0.2, 0.25) is 11.6 Å². The number of para-hydroxylation sites is 1. The number of esters is 1. The predicted molar refractivity (Wildman–Crippen MR) is 109 cm³/mol. The lowest BCUT2D eigenvalue weighted by atomic mass is 10.1. The average Bonchev–Trinajstić information content (AvgIpc) is 2.72. The highest BCUT2D eigenvalue weighted by atomic mass is 35.5. The number of methoxy groups -OCH3 is 1. The van der Waals surface area contributed by atoms with Crippen LogP contribution in [0.2, 0.25) is 5.02 Å². The molecule has 0 atom stereocenters. The van der Waals surface area contributed by atoms with Gasteiger partial charge in [0.25, 0.3) is 0 Å². The summed E-state index contributed by atoms with van der Waals surface area (Å²) in [4.78, 5) is 32.9. The minimum atomic E-state index is -0.584. The topological polar surface area (TPSA) is 110 Å². The van der Waals surface area contributed by atoms with E-state index in [0.717, 1.165) is 0 Å². The van der Waals surface area contributed by atoms with Gasteiger partial charge in [0, 0.05) is 17.8 Å². The third kappa shape index (κ3) is 4.25. The van der Waals surface area contributed by atoms with Gasteiger partial charge >= 0.3 is 11.7 Å². The number of aromatic nitrogens is 2. The summed E-state index contributed by atoms with van der Waals surface area (Å²) in [6, 6.07) is 13.3. The Kier molecular flexibility index (Phi) is 5.89. The molecular weight excluding hydrogens is 398 g/mol. The molecule has 0 aliphatic carbocycles. The Morgan fingerprint density at radius 2 is 1.97 bits per heavy atom. The molecule has 3 aromatic rings. The Bertz CT molecular complexity index is 1080. The van der Waals surface area contributed by atoms with Gasteiger partial charge in [-0.15, -0.1) is 0 Å². The molecule has 1 aromatic heterocycles. The zero-order valence-corrected chi connectivity index (χ0v) is 16.3. The third-order valence-electron chi connectivity index (χ3n) is 4.06. The molecule has 2 aromatic carbocycles. The Morgan fingerprint density at radius 3 is 2.66 bits per heavy atom. The smallest absolute Gasteiger partial charge is 0.354 e. The van der Waals surface area contributed by atoms with Gasteiger partial charge in [0.15, 0.2) is 0 Å². The molecule has 29 heavy (non-hydrogen) atoms. The number of carbonyl (C=O) groups is 1. The molecule has 148 valence electrons. The van der Waals surface area contributed by atoms with Crippen molar-refractivity contribution < 1.29 is 14.5 Å². The number of anilines is 4. The first-order valence-corrected chi connectivity index (χ1v) is 8.73. The SMILES string of the molecule is COC(=O)c1ccccc1N(C)c1ncnc(Nc2cccc(Cl)c2)c1[N+](=O)[O-]. The summed E-state index contributed by atoms with van der Waals surface area (Å²) in [6.45, 7) is 0. The van der Waals surface area contributed by atoms with E-state index in [-0.39, 0.29) is 22.9 Å². The van der Waals surface area contributed by atoms with Crippen molar-refractivity contribution in [1.82, 2.24) is 9.97 Å². The van der Waals surface area contributed by atoms with E-state index in [9.17, 15) is 14.9 Å². The Balaban J connectivity index is 2.09. The minimum Gasteiger partial charge on any atom is -0.465 e. The number of benzene rings is 2. The van der Waals surface area contributed by atoms with E-state index in [1.165, 1.54) is 18.3 Å².